The summed E-state index contributed by atoms with van der Waals surface area (Å²) in [4.78, 5) is 0. The Morgan fingerprint density at radius 2 is 2.06 bits per heavy atom. The Labute approximate surface area is 112 Å². The lowest BCUT2D eigenvalue weighted by atomic mass is 9.94. The SMILES string of the molecule is Oc1cccc(Cl)c1CNCC1(O)CCOCC1. The lowest BCUT2D eigenvalue weighted by Gasteiger charge is -2.32. The number of nitrogens with one attached hydrogen (secondary N) is 1. The van der Waals surface area contributed by atoms with E-state index < -0.39 is 5.60 Å². The van der Waals surface area contributed by atoms with Crippen LogP contribution in [0, 0.1) is 0 Å². The first-order valence-corrected chi connectivity index (χ1v) is 6.46. The highest BCUT2D eigenvalue weighted by atomic mass is 35.5. The van der Waals surface area contributed by atoms with E-state index in [-0.39, 0.29) is 5.75 Å². The Kier molecular flexibility index (Phi) is 4.45. The monoisotopic (exact) mass is 271 g/mol. The quantitative estimate of drug-likeness (QED) is 0.780. The lowest BCUT2D eigenvalue weighted by molar-refractivity contribution is -0.0617. The highest BCUT2D eigenvalue weighted by Crippen LogP contribution is 2.25. The molecule has 0 bridgehead atoms. The zero-order chi connectivity index (χ0) is 13.0. The second-order valence-corrected chi connectivity index (χ2v) is 5.08. The average molecular weight is 272 g/mol. The molecule has 0 radical (unpaired) electrons. The first-order chi connectivity index (χ1) is 8.61. The van der Waals surface area contributed by atoms with E-state index in [1.54, 1.807) is 18.2 Å². The largest absolute Gasteiger partial charge is 0.508 e. The molecular formula is C13H18ClNO3. The van der Waals surface area contributed by atoms with E-state index in [1.165, 1.54) is 0 Å². The molecule has 100 valence electrons. The Morgan fingerprint density at radius 3 is 2.72 bits per heavy atom. The van der Waals surface area contributed by atoms with Crippen LogP contribution < -0.4 is 5.32 Å². The first-order valence-electron chi connectivity index (χ1n) is 6.08. The van der Waals surface area contributed by atoms with Crippen molar-refractivity contribution in [3.63, 3.8) is 0 Å². The summed E-state index contributed by atoms with van der Waals surface area (Å²) in [7, 11) is 0. The van der Waals surface area contributed by atoms with Crippen molar-refractivity contribution in [2.24, 2.45) is 0 Å². The molecule has 1 saturated heterocycles. The molecule has 0 atom stereocenters. The summed E-state index contributed by atoms with van der Waals surface area (Å²) in [5.74, 6) is 0.175. The molecule has 1 aliphatic heterocycles. The smallest absolute Gasteiger partial charge is 0.121 e. The minimum absolute atomic E-state index is 0.175. The third-order valence-corrected chi connectivity index (χ3v) is 3.63. The van der Waals surface area contributed by atoms with Crippen LogP contribution >= 0.6 is 11.6 Å². The van der Waals surface area contributed by atoms with Crippen molar-refractivity contribution in [3.8, 4) is 5.75 Å². The molecule has 1 fully saturated rings. The molecule has 18 heavy (non-hydrogen) atoms. The standard InChI is InChI=1S/C13H18ClNO3/c14-11-2-1-3-12(16)10(11)8-15-9-13(17)4-6-18-7-5-13/h1-3,15-17H,4-9H2. The van der Waals surface area contributed by atoms with Gasteiger partial charge in [0.05, 0.1) is 5.60 Å². The molecule has 0 unspecified atom stereocenters. The minimum Gasteiger partial charge on any atom is -0.508 e. The summed E-state index contributed by atoms with van der Waals surface area (Å²) in [5.41, 5.74) is -0.0513. The molecule has 0 spiro atoms. The maximum atomic E-state index is 10.2. The highest BCUT2D eigenvalue weighted by Gasteiger charge is 2.29. The van der Waals surface area contributed by atoms with E-state index in [0.717, 1.165) is 0 Å². The first kappa shape index (κ1) is 13.6. The molecule has 1 aliphatic rings. The third-order valence-electron chi connectivity index (χ3n) is 3.27. The van der Waals surface area contributed by atoms with Gasteiger partial charge in [0.15, 0.2) is 0 Å². The molecule has 5 heteroatoms. The summed E-state index contributed by atoms with van der Waals surface area (Å²) in [5, 5.41) is 23.6. The van der Waals surface area contributed by atoms with E-state index in [4.69, 9.17) is 16.3 Å². The molecule has 1 aromatic carbocycles. The van der Waals surface area contributed by atoms with Crippen LogP contribution in [0.1, 0.15) is 18.4 Å². The van der Waals surface area contributed by atoms with Gasteiger partial charge in [-0.25, -0.2) is 0 Å². The zero-order valence-corrected chi connectivity index (χ0v) is 10.9. The van der Waals surface area contributed by atoms with E-state index in [1.807, 2.05) is 0 Å². The molecule has 0 amide bonds. The van der Waals surface area contributed by atoms with Crippen molar-refractivity contribution < 1.29 is 14.9 Å². The van der Waals surface area contributed by atoms with Crippen molar-refractivity contribution in [2.75, 3.05) is 19.8 Å². The Bertz CT molecular complexity index is 385. The lowest BCUT2D eigenvalue weighted by Crippen LogP contribution is -2.44. The number of aliphatic hydroxyl groups is 1. The van der Waals surface area contributed by atoms with Crippen molar-refractivity contribution in [2.45, 2.75) is 25.0 Å². The zero-order valence-electron chi connectivity index (χ0n) is 10.2. The van der Waals surface area contributed by atoms with Gasteiger partial charge >= 0.3 is 0 Å². The minimum atomic E-state index is -0.713. The van der Waals surface area contributed by atoms with Crippen LogP contribution in [0.2, 0.25) is 5.02 Å². The summed E-state index contributed by atoms with van der Waals surface area (Å²) < 4.78 is 5.22. The number of hydrogen-bond donors (Lipinski definition) is 3. The maximum Gasteiger partial charge on any atom is 0.121 e. The average Bonchev–Trinajstić information content (AvgIpc) is 2.34. The van der Waals surface area contributed by atoms with Crippen LogP contribution in [0.15, 0.2) is 18.2 Å². The van der Waals surface area contributed by atoms with E-state index in [9.17, 15) is 10.2 Å². The fourth-order valence-electron chi connectivity index (χ4n) is 2.07. The van der Waals surface area contributed by atoms with Crippen LogP contribution in [0.5, 0.6) is 5.75 Å². The molecule has 0 saturated carbocycles. The highest BCUT2D eigenvalue weighted by molar-refractivity contribution is 6.31. The normalized spacial score (nSPS) is 18.8. The van der Waals surface area contributed by atoms with Gasteiger partial charge in [0.25, 0.3) is 0 Å². The van der Waals surface area contributed by atoms with Crippen molar-refractivity contribution in [1.29, 1.82) is 0 Å². The van der Waals surface area contributed by atoms with Gasteiger partial charge in [-0.05, 0) is 12.1 Å². The number of aromatic hydroxyl groups is 1. The Balaban J connectivity index is 1.88. The number of halogens is 1. The van der Waals surface area contributed by atoms with Gasteiger partial charge < -0.3 is 20.3 Å². The molecule has 1 aromatic rings. The molecule has 0 aliphatic carbocycles. The molecular weight excluding hydrogens is 254 g/mol. The topological polar surface area (TPSA) is 61.7 Å². The van der Waals surface area contributed by atoms with Crippen LogP contribution in [-0.2, 0) is 11.3 Å². The molecule has 0 aromatic heterocycles. The van der Waals surface area contributed by atoms with Crippen LogP contribution in [0.3, 0.4) is 0 Å². The van der Waals surface area contributed by atoms with E-state index >= 15 is 0 Å². The molecule has 2 rings (SSSR count). The Morgan fingerprint density at radius 1 is 1.33 bits per heavy atom. The van der Waals surface area contributed by atoms with Gasteiger partial charge in [-0.15, -0.1) is 0 Å². The second-order valence-electron chi connectivity index (χ2n) is 4.68. The maximum absolute atomic E-state index is 10.2. The number of rotatable bonds is 4. The van der Waals surface area contributed by atoms with Gasteiger partial charge in [-0.3, -0.25) is 0 Å². The van der Waals surface area contributed by atoms with Crippen molar-refractivity contribution in [3.05, 3.63) is 28.8 Å². The summed E-state index contributed by atoms with van der Waals surface area (Å²) in [6.45, 7) is 2.10. The van der Waals surface area contributed by atoms with Gasteiger partial charge in [-0.1, -0.05) is 17.7 Å². The molecule has 4 nitrogen and oxygen atoms in total. The number of hydrogen-bond acceptors (Lipinski definition) is 4. The predicted octanol–water partition coefficient (Wildman–Crippen LogP) is 1.68. The Hall–Kier alpha value is -0.810. The molecule has 1 heterocycles. The number of ether oxygens (including phenoxy) is 1. The summed E-state index contributed by atoms with van der Waals surface area (Å²) >= 11 is 6.00. The van der Waals surface area contributed by atoms with Gasteiger partial charge in [-0.2, -0.15) is 0 Å². The summed E-state index contributed by atoms with van der Waals surface area (Å²) in [6, 6.07) is 5.04. The third kappa shape index (κ3) is 3.36. The number of benzene rings is 1. The van der Waals surface area contributed by atoms with E-state index in [2.05, 4.69) is 5.32 Å². The number of phenolic OH excluding ortho intramolecular Hbond substituents is 1. The predicted molar refractivity (Wildman–Crippen MR) is 69.8 cm³/mol. The second kappa shape index (κ2) is 5.89. The van der Waals surface area contributed by atoms with Crippen LogP contribution in [-0.4, -0.2) is 35.6 Å². The van der Waals surface area contributed by atoms with Crippen molar-refractivity contribution >= 4 is 11.6 Å². The van der Waals surface area contributed by atoms with Gasteiger partial charge in [0, 0.05) is 49.7 Å². The fourth-order valence-corrected chi connectivity index (χ4v) is 2.31. The van der Waals surface area contributed by atoms with Crippen molar-refractivity contribution in [1.82, 2.24) is 5.32 Å². The fraction of sp³-hybridized carbons (Fsp3) is 0.538. The van der Waals surface area contributed by atoms with Crippen LogP contribution in [0.4, 0.5) is 0 Å². The summed E-state index contributed by atoms with van der Waals surface area (Å²) in [6.07, 6.45) is 1.27. The molecule has 3 N–H and O–H groups in total. The van der Waals surface area contributed by atoms with Gasteiger partial charge in [0.1, 0.15) is 5.75 Å². The van der Waals surface area contributed by atoms with Gasteiger partial charge in [0.2, 0.25) is 0 Å². The van der Waals surface area contributed by atoms with Crippen LogP contribution in [0.25, 0.3) is 0 Å². The van der Waals surface area contributed by atoms with E-state index in [0.29, 0.717) is 49.7 Å². The number of phenols is 1.